The first-order valence-corrected chi connectivity index (χ1v) is 55.8. The van der Waals surface area contributed by atoms with Crippen LogP contribution in [-0.4, -0.2) is 156 Å². The van der Waals surface area contributed by atoms with Crippen LogP contribution in [0.15, 0.2) is 23.0 Å². The quantitative estimate of drug-likeness (QED) is 0.0658. The van der Waals surface area contributed by atoms with Crippen molar-refractivity contribution in [1.29, 1.82) is 10.5 Å². The monoisotopic (exact) mass is 2100 g/mol. The van der Waals surface area contributed by atoms with Gasteiger partial charge in [-0.25, -0.2) is 29.9 Å². The van der Waals surface area contributed by atoms with E-state index in [1.165, 1.54) is 163 Å². The Kier molecular flexibility index (Phi) is 50.3. The maximum atomic E-state index is 11.9. The molecule has 0 radical (unpaired) electrons. The zero-order valence-electron chi connectivity index (χ0n) is 88.8. The average Bonchev–Trinajstić information content (AvgIpc) is 1.66. The van der Waals surface area contributed by atoms with E-state index in [0.29, 0.717) is 82.9 Å². The molecule has 0 unspecified atom stereocenters. The Bertz CT molecular complexity index is 5360. The smallest absolute Gasteiger partial charge is 0.249 e. The highest BCUT2D eigenvalue weighted by Crippen LogP contribution is 2.49. The molecule has 43 heteroatoms. The molecule has 0 saturated heterocycles. The van der Waals surface area contributed by atoms with Crippen LogP contribution >= 0.6 is 79.6 Å². The average molecular weight is 2110 g/mol. The zero-order valence-corrected chi connectivity index (χ0v) is 94.6. The summed E-state index contributed by atoms with van der Waals surface area (Å²) in [4.78, 5) is 39.4. The number of nitriles is 2. The standard InChI is InChI=1S/C10H12N2S.2C10H15NS.4C9H13NS.C7H14N4.C6H12N4.C5H7F3N4.C5H7N5.C5H10N4.C4H8N4.2CH4/c1-6(2)10-12-9(7-3-4-7)8(5-11)13-10;1-6(2)10-11-9(7(3)12-10)8-4-5-8;1-6(2)10-11-7(3)9(12-10)8-4-5-8;1-6(2)9-10-8(5-11-9)7-3-4-7;1-6(2)9-10-5-8(11-9)7-3-4-7;1-6(2)9-5-8(10-11-9)7-3-4-7;1-6(2)8-5-11-9(10-8)7-3-4-7;1-5(2)7-8-10-11(9-7)6(3)4;1-4-10-8-6(5(2)3)7-9-10;1-3(2)4-9-11-12(10-4)5(6,7)8;1-4(2)5-7-9-10(3-6)8-5;1-4(2)5-6-8-9(3)7-5;1-3(2)4-5-7-8-6-4;;/h6-7H,3-4H2,1-2H3;2*6,8H,4-5H2,1-3H3;4*5-7H,3-4H2,1-2H3;5-6H,1-4H3;5H,4H2,1-3H3;3H,1-2H3;4H,1-2H3;4H,1-3H3;3H,1-2H3,(H,5,6,7,8);2*1H4. The van der Waals surface area contributed by atoms with E-state index in [1.54, 1.807) is 64.4 Å². The van der Waals surface area contributed by atoms with E-state index in [9.17, 15) is 13.2 Å². The number of aromatic amines is 1. The van der Waals surface area contributed by atoms with Crippen molar-refractivity contribution in [2.24, 2.45) is 7.05 Å². The number of halogens is 3. The van der Waals surface area contributed by atoms with Crippen LogP contribution in [0, 0.1) is 36.6 Å². The SMILES string of the molecule is C.C.CC(C)c1cc(C2CC2)ns1.CC(C)c1csc(C2CC2)n1.CC(C)c1nc(C2CC2)c(C#N)s1.CC(C)c1nc(C2CC2)cs1.CC(C)c1ncc(C2CC2)s1.CC(C)c1nn[nH]n1.CC(C)c1nnn(C#N)n1.CC(C)c1nnn(C(C)C)n1.CC(C)c1nnn(C(F)(F)F)n1.CC(C)c1nnn(C)n1.CCn1nnc(C(C)C)n1.Cc1nc(C(C)C)sc1C1CC1.Cc1sc(C(C)C)nc1C1CC1. The van der Waals surface area contributed by atoms with Gasteiger partial charge in [-0.15, -0.1) is 142 Å². The van der Waals surface area contributed by atoms with E-state index < -0.39 is 6.30 Å². The molecule has 0 bridgehead atoms. The summed E-state index contributed by atoms with van der Waals surface area (Å²) in [6, 6.07) is 4.83. The third-order valence-corrected chi connectivity index (χ3v) is 30.8. The number of nitrogens with one attached hydrogen (secondary N) is 1. The Morgan fingerprint density at radius 2 is 0.916 bits per heavy atom. The van der Waals surface area contributed by atoms with Crippen LogP contribution in [-0.2, 0) is 19.9 Å². The Morgan fingerprint density at radius 3 is 1.28 bits per heavy atom. The Hall–Kier alpha value is -9.40. The van der Waals surface area contributed by atoms with Gasteiger partial charge in [-0.2, -0.15) is 34.5 Å². The van der Waals surface area contributed by atoms with Crippen molar-refractivity contribution in [2.45, 2.75) is 457 Å². The lowest BCUT2D eigenvalue weighted by molar-refractivity contribution is -0.222. The van der Waals surface area contributed by atoms with Crippen LogP contribution in [0.3, 0.4) is 0 Å². The summed E-state index contributed by atoms with van der Waals surface area (Å²) in [5.74, 6) is 15.2. The summed E-state index contributed by atoms with van der Waals surface area (Å²) >= 11 is 12.6. The van der Waals surface area contributed by atoms with Crippen molar-refractivity contribution < 1.29 is 13.2 Å². The third kappa shape index (κ3) is 42.2. The largest absolute Gasteiger partial charge is 0.522 e. The van der Waals surface area contributed by atoms with Crippen LogP contribution in [0.4, 0.5) is 13.2 Å². The van der Waals surface area contributed by atoms with E-state index in [4.69, 9.17) is 10.5 Å². The van der Waals surface area contributed by atoms with Crippen molar-refractivity contribution in [1.82, 2.24) is 156 Å². The van der Waals surface area contributed by atoms with E-state index >= 15 is 0 Å². The van der Waals surface area contributed by atoms with Gasteiger partial charge in [-0.05, 0) is 192 Å². The molecule has 1 N–H and O–H groups in total. The molecule has 7 saturated carbocycles. The molecule has 0 spiro atoms. The minimum absolute atomic E-state index is 0. The molecule has 13 aromatic rings. The van der Waals surface area contributed by atoms with Crippen LogP contribution < -0.4 is 0 Å². The number of nitrogens with zero attached hydrogens (tertiary/aromatic N) is 32. The molecular weight excluding hydrogens is 1940 g/mol. The number of H-pyrrole nitrogens is 1. The first-order valence-electron chi connectivity index (χ1n) is 50.0. The summed E-state index contributed by atoms with van der Waals surface area (Å²) in [5, 5.41) is 98.2. The molecule has 13 heterocycles. The number of rotatable bonds is 22. The molecule has 0 amide bonds. The maximum Gasteiger partial charge on any atom is 0.522 e. The van der Waals surface area contributed by atoms with Gasteiger partial charge in [0.05, 0.1) is 83.8 Å². The molecule has 143 heavy (non-hydrogen) atoms. The molecule has 0 aromatic carbocycles. The molecule has 0 atom stereocenters. The number of tetrazole rings is 6. The van der Waals surface area contributed by atoms with Gasteiger partial charge in [0.25, 0.3) is 0 Å². The minimum atomic E-state index is -4.57. The fraction of sp³-hybridized carbons (Fsp3) is 0.710. The fourth-order valence-electron chi connectivity index (χ4n) is 11.9. The molecule has 7 aliphatic carbocycles. The number of hydrogen-bond donors (Lipinski definition) is 1. The van der Waals surface area contributed by atoms with E-state index in [2.05, 4.69) is 300 Å². The highest BCUT2D eigenvalue weighted by molar-refractivity contribution is 7.13. The first-order chi connectivity index (χ1) is 66.7. The summed E-state index contributed by atoms with van der Waals surface area (Å²) in [6.45, 7) is 65.6. The zero-order chi connectivity index (χ0) is 104. The Morgan fingerprint density at radius 1 is 0.434 bits per heavy atom. The third-order valence-electron chi connectivity index (χ3n) is 21.9. The number of hydrogen-bond acceptors (Lipinski definition) is 34. The predicted molar refractivity (Wildman–Crippen MR) is 572 cm³/mol. The molecule has 33 nitrogen and oxygen atoms in total. The molecule has 7 fully saturated rings. The number of thiazole rings is 6. The van der Waals surface area contributed by atoms with Crippen molar-refractivity contribution >= 4 is 79.6 Å². The van der Waals surface area contributed by atoms with Crippen LogP contribution in [0.25, 0.3) is 0 Å². The van der Waals surface area contributed by atoms with Gasteiger partial charge in [-0.3, -0.25) is 0 Å². The van der Waals surface area contributed by atoms with Crippen molar-refractivity contribution in [3.63, 3.8) is 0 Å². The predicted octanol–water partition coefficient (Wildman–Crippen LogP) is 28.0. The maximum absolute atomic E-state index is 11.9. The lowest BCUT2D eigenvalue weighted by atomic mass is 10.1. The van der Waals surface area contributed by atoms with E-state index in [0.717, 1.165) is 85.7 Å². The molecule has 20 rings (SSSR count). The van der Waals surface area contributed by atoms with Crippen molar-refractivity contribution in [3.8, 4) is 12.3 Å². The van der Waals surface area contributed by atoms with E-state index in [1.807, 2.05) is 119 Å². The Labute approximate surface area is 875 Å². The molecule has 13 aromatic heterocycles. The second-order valence-electron chi connectivity index (χ2n) is 40.5. The molecular formula is C100H160F3N33S7. The summed E-state index contributed by atoms with van der Waals surface area (Å²) < 4.78 is 40.0. The van der Waals surface area contributed by atoms with Crippen LogP contribution in [0.1, 0.15) is 553 Å². The lowest BCUT2D eigenvalue weighted by Crippen LogP contribution is -2.20. The van der Waals surface area contributed by atoms with Crippen molar-refractivity contribution in [3.05, 3.63) is 147 Å². The molecule has 0 aliphatic heterocycles. The molecule has 788 valence electrons. The van der Waals surface area contributed by atoms with Gasteiger partial charge in [0.15, 0.2) is 34.9 Å². The van der Waals surface area contributed by atoms with Crippen molar-refractivity contribution in [2.75, 3.05) is 0 Å². The lowest BCUT2D eigenvalue weighted by Gasteiger charge is -2.00. The number of aromatic nitrogens is 31. The first kappa shape index (κ1) is 122. The van der Waals surface area contributed by atoms with Gasteiger partial charge in [0.2, 0.25) is 6.19 Å². The Balaban J connectivity index is 0.000000237. The number of alkyl halides is 3. The van der Waals surface area contributed by atoms with Gasteiger partial charge in [0, 0.05) is 131 Å². The van der Waals surface area contributed by atoms with Gasteiger partial charge >= 0.3 is 6.30 Å². The summed E-state index contributed by atoms with van der Waals surface area (Å²) in [6.07, 6.45) is 18.1. The highest BCUT2D eigenvalue weighted by Gasteiger charge is 2.36. The number of aryl methyl sites for hydroxylation is 4. The van der Waals surface area contributed by atoms with Gasteiger partial charge in [-0.1, -0.05) is 210 Å². The summed E-state index contributed by atoms with van der Waals surface area (Å²) in [5.41, 5.74) is 7.71. The van der Waals surface area contributed by atoms with Gasteiger partial charge in [0.1, 0.15) is 10.9 Å². The van der Waals surface area contributed by atoms with Crippen LogP contribution in [0.5, 0.6) is 0 Å². The van der Waals surface area contributed by atoms with Gasteiger partial charge < -0.3 is 0 Å². The highest BCUT2D eigenvalue weighted by atomic mass is 32.1. The minimum Gasteiger partial charge on any atom is -0.249 e. The van der Waals surface area contributed by atoms with E-state index in [-0.39, 0.29) is 37.3 Å². The molecule has 7 aliphatic rings. The topological polar surface area (TPSA) is 410 Å². The second kappa shape index (κ2) is 58.8. The fourth-order valence-corrected chi connectivity index (χ4v) is 19.1. The second-order valence-corrected chi connectivity index (χ2v) is 47.6. The normalized spacial score (nSPS) is 14.5. The summed E-state index contributed by atoms with van der Waals surface area (Å²) in [7, 11) is 1.76. The van der Waals surface area contributed by atoms with Crippen LogP contribution in [0.2, 0.25) is 0 Å².